The zero-order valence-corrected chi connectivity index (χ0v) is 19.4. The van der Waals surface area contributed by atoms with Crippen molar-refractivity contribution < 1.29 is 22.4 Å². The number of anilines is 2. The van der Waals surface area contributed by atoms with Gasteiger partial charge in [-0.2, -0.15) is 0 Å². The molecule has 0 atom stereocenters. The third-order valence-corrected chi connectivity index (χ3v) is 6.65. The van der Waals surface area contributed by atoms with Crippen LogP contribution in [0.4, 0.5) is 11.4 Å². The molecule has 0 fully saturated rings. The van der Waals surface area contributed by atoms with Crippen LogP contribution in [0, 0.1) is 0 Å². The lowest BCUT2D eigenvalue weighted by molar-refractivity contribution is 0.102. The maximum Gasteiger partial charge on any atom is 0.349 e. The van der Waals surface area contributed by atoms with Crippen molar-refractivity contribution in [2.24, 2.45) is 0 Å². The van der Waals surface area contributed by atoms with Gasteiger partial charge in [-0.05, 0) is 61.5 Å². The standard InChI is InChI=1S/C24H19ClN2O6S/c1-2-32-18-10-7-16(8-11-18)27-34(30,31)22-14-17(9-12-20(22)25)26-23(28)19-13-15-5-3-4-6-21(15)33-24(19)29/h3-14,27H,2H2,1H3,(H,26,28). The minimum absolute atomic E-state index is 0.0401. The fourth-order valence-corrected chi connectivity index (χ4v) is 4.79. The van der Waals surface area contributed by atoms with E-state index in [2.05, 4.69) is 10.0 Å². The highest BCUT2D eigenvalue weighted by Crippen LogP contribution is 2.28. The van der Waals surface area contributed by atoms with E-state index in [-0.39, 0.29) is 21.2 Å². The zero-order valence-electron chi connectivity index (χ0n) is 17.9. The van der Waals surface area contributed by atoms with Crippen LogP contribution in [-0.4, -0.2) is 20.9 Å². The molecule has 1 heterocycles. The van der Waals surface area contributed by atoms with Crippen LogP contribution < -0.4 is 20.4 Å². The van der Waals surface area contributed by atoms with Crippen molar-refractivity contribution in [3.8, 4) is 5.75 Å². The maximum absolute atomic E-state index is 12.9. The van der Waals surface area contributed by atoms with E-state index in [1.54, 1.807) is 48.5 Å². The zero-order chi connectivity index (χ0) is 24.3. The average Bonchev–Trinajstić information content (AvgIpc) is 2.81. The Morgan fingerprint density at radius 2 is 1.71 bits per heavy atom. The second-order valence-corrected chi connectivity index (χ2v) is 9.21. The Balaban J connectivity index is 1.58. The quantitative estimate of drug-likeness (QED) is 0.350. The highest BCUT2D eigenvalue weighted by molar-refractivity contribution is 7.92. The van der Waals surface area contributed by atoms with Crippen LogP contribution in [0.15, 0.2) is 86.9 Å². The minimum atomic E-state index is -4.08. The second-order valence-electron chi connectivity index (χ2n) is 7.15. The average molecular weight is 499 g/mol. The van der Waals surface area contributed by atoms with Gasteiger partial charge in [0, 0.05) is 16.8 Å². The van der Waals surface area contributed by atoms with Gasteiger partial charge >= 0.3 is 5.63 Å². The Kier molecular flexibility index (Phi) is 6.58. The van der Waals surface area contributed by atoms with Crippen molar-refractivity contribution in [1.82, 2.24) is 0 Å². The largest absolute Gasteiger partial charge is 0.494 e. The predicted octanol–water partition coefficient (Wildman–Crippen LogP) is 4.90. The molecule has 4 rings (SSSR count). The number of fused-ring (bicyclic) bond motifs is 1. The number of carbonyl (C=O) groups excluding carboxylic acids is 1. The van der Waals surface area contributed by atoms with Gasteiger partial charge in [0.25, 0.3) is 15.9 Å². The van der Waals surface area contributed by atoms with E-state index in [9.17, 15) is 18.0 Å². The lowest BCUT2D eigenvalue weighted by atomic mass is 10.1. The van der Waals surface area contributed by atoms with E-state index in [1.807, 2.05) is 6.92 Å². The van der Waals surface area contributed by atoms with E-state index in [1.165, 1.54) is 24.3 Å². The molecule has 0 spiro atoms. The number of nitrogens with one attached hydrogen (secondary N) is 2. The molecule has 0 radical (unpaired) electrons. The van der Waals surface area contributed by atoms with Gasteiger partial charge in [-0.25, -0.2) is 13.2 Å². The van der Waals surface area contributed by atoms with E-state index >= 15 is 0 Å². The molecular weight excluding hydrogens is 480 g/mol. The third-order valence-electron chi connectivity index (χ3n) is 4.78. The van der Waals surface area contributed by atoms with Crippen molar-refractivity contribution in [3.05, 3.63) is 93.8 Å². The van der Waals surface area contributed by atoms with Gasteiger partial charge in [-0.15, -0.1) is 0 Å². The predicted molar refractivity (Wildman–Crippen MR) is 130 cm³/mol. The first-order chi connectivity index (χ1) is 16.3. The van der Waals surface area contributed by atoms with E-state index < -0.39 is 21.6 Å². The molecule has 4 aromatic rings. The summed E-state index contributed by atoms with van der Waals surface area (Å²) in [5, 5.41) is 3.06. The lowest BCUT2D eigenvalue weighted by Gasteiger charge is -2.12. The molecule has 0 aliphatic carbocycles. The summed E-state index contributed by atoms with van der Waals surface area (Å²) >= 11 is 6.14. The number of benzene rings is 3. The van der Waals surface area contributed by atoms with Gasteiger partial charge in [0.2, 0.25) is 0 Å². The molecule has 2 N–H and O–H groups in total. The number of hydrogen-bond donors (Lipinski definition) is 2. The highest BCUT2D eigenvalue weighted by Gasteiger charge is 2.20. The monoisotopic (exact) mass is 498 g/mol. The number of rotatable bonds is 7. The Morgan fingerprint density at radius 1 is 1.00 bits per heavy atom. The molecule has 1 amide bonds. The summed E-state index contributed by atoms with van der Waals surface area (Å²) < 4.78 is 38.8. The van der Waals surface area contributed by atoms with Crippen LogP contribution >= 0.6 is 11.6 Å². The summed E-state index contributed by atoms with van der Waals surface area (Å²) in [6, 6.07) is 18.6. The third kappa shape index (κ3) is 5.05. The molecule has 0 aliphatic heterocycles. The van der Waals surface area contributed by atoms with Crippen LogP contribution in [0.1, 0.15) is 17.3 Å². The second kappa shape index (κ2) is 9.58. The fourth-order valence-electron chi connectivity index (χ4n) is 3.20. The van der Waals surface area contributed by atoms with E-state index in [0.717, 1.165) is 0 Å². The Bertz CT molecular complexity index is 1530. The summed E-state index contributed by atoms with van der Waals surface area (Å²) in [7, 11) is -4.08. The topological polar surface area (TPSA) is 115 Å². The Labute approximate surface area is 200 Å². The molecule has 0 saturated carbocycles. The molecular formula is C24H19ClN2O6S. The lowest BCUT2D eigenvalue weighted by Crippen LogP contribution is -2.21. The minimum Gasteiger partial charge on any atom is -0.494 e. The molecule has 3 aromatic carbocycles. The molecule has 0 saturated heterocycles. The summed E-state index contributed by atoms with van der Waals surface area (Å²) in [6.07, 6.45) is 0. The van der Waals surface area contributed by atoms with Crippen molar-refractivity contribution >= 4 is 49.9 Å². The first-order valence-corrected chi connectivity index (χ1v) is 12.0. The molecule has 10 heteroatoms. The number of sulfonamides is 1. The first kappa shape index (κ1) is 23.3. The summed E-state index contributed by atoms with van der Waals surface area (Å²) in [6.45, 7) is 2.33. The summed E-state index contributed by atoms with van der Waals surface area (Å²) in [5.41, 5.74) is -0.234. The van der Waals surface area contributed by atoms with Gasteiger partial charge in [-0.1, -0.05) is 29.8 Å². The number of para-hydroxylation sites is 1. The van der Waals surface area contributed by atoms with Gasteiger partial charge in [0.05, 0.1) is 11.6 Å². The van der Waals surface area contributed by atoms with Crippen LogP contribution in [-0.2, 0) is 10.0 Å². The van der Waals surface area contributed by atoms with Crippen molar-refractivity contribution in [3.63, 3.8) is 0 Å². The van der Waals surface area contributed by atoms with Gasteiger partial charge in [0.1, 0.15) is 21.8 Å². The van der Waals surface area contributed by atoms with Crippen LogP contribution in [0.2, 0.25) is 5.02 Å². The van der Waals surface area contributed by atoms with Crippen LogP contribution in [0.5, 0.6) is 5.75 Å². The summed E-state index contributed by atoms with van der Waals surface area (Å²) in [5.74, 6) is -0.143. The van der Waals surface area contributed by atoms with Gasteiger partial charge in [-0.3, -0.25) is 9.52 Å². The molecule has 1 aromatic heterocycles. The Morgan fingerprint density at radius 3 is 2.44 bits per heavy atom. The number of carbonyl (C=O) groups is 1. The molecule has 0 aliphatic rings. The fraction of sp³-hybridized carbons (Fsp3) is 0.0833. The molecule has 0 unspecified atom stereocenters. The molecule has 0 bridgehead atoms. The normalized spacial score (nSPS) is 11.2. The first-order valence-electron chi connectivity index (χ1n) is 10.2. The number of halogens is 1. The number of hydrogen-bond acceptors (Lipinski definition) is 6. The molecule has 8 nitrogen and oxygen atoms in total. The summed E-state index contributed by atoms with van der Waals surface area (Å²) in [4.78, 5) is 24.7. The highest BCUT2D eigenvalue weighted by atomic mass is 35.5. The smallest absolute Gasteiger partial charge is 0.349 e. The number of ether oxygens (including phenoxy) is 1. The number of amides is 1. The van der Waals surface area contributed by atoms with E-state index in [4.69, 9.17) is 20.8 Å². The van der Waals surface area contributed by atoms with Crippen LogP contribution in [0.3, 0.4) is 0 Å². The Hall–Kier alpha value is -3.82. The maximum atomic E-state index is 12.9. The van der Waals surface area contributed by atoms with E-state index in [0.29, 0.717) is 29.0 Å². The van der Waals surface area contributed by atoms with Crippen LogP contribution in [0.25, 0.3) is 11.0 Å². The van der Waals surface area contributed by atoms with Gasteiger partial charge in [0.15, 0.2) is 0 Å². The molecule has 34 heavy (non-hydrogen) atoms. The molecule has 174 valence electrons. The van der Waals surface area contributed by atoms with Crippen molar-refractivity contribution in [1.29, 1.82) is 0 Å². The van der Waals surface area contributed by atoms with Crippen molar-refractivity contribution in [2.45, 2.75) is 11.8 Å². The van der Waals surface area contributed by atoms with Crippen molar-refractivity contribution in [2.75, 3.05) is 16.6 Å². The van der Waals surface area contributed by atoms with Gasteiger partial charge < -0.3 is 14.5 Å². The SMILES string of the molecule is CCOc1ccc(NS(=O)(=O)c2cc(NC(=O)c3cc4ccccc4oc3=O)ccc2Cl)cc1.